The molecule has 2 aromatic rings. The fraction of sp³-hybridized carbons (Fsp3) is 0.0833. The Kier molecular flexibility index (Phi) is 3.75. The van der Waals surface area contributed by atoms with E-state index >= 15 is 0 Å². The lowest BCUT2D eigenvalue weighted by atomic mass is 9.80. The second kappa shape index (κ2) is 5.47. The molecular formula is C12H12BNO3. The van der Waals surface area contributed by atoms with Crippen molar-refractivity contribution in [1.29, 1.82) is 0 Å². The Bertz CT molecular complexity index is 459. The van der Waals surface area contributed by atoms with Crippen LogP contribution in [0.25, 0.3) is 0 Å². The number of nitrogens with zero attached hydrogens (tertiary/aromatic N) is 1. The van der Waals surface area contributed by atoms with E-state index in [0.717, 1.165) is 5.56 Å². The van der Waals surface area contributed by atoms with Crippen LogP contribution in [0.1, 0.15) is 5.56 Å². The standard InChI is InChI=1S/C12H12BNO3/c15-13(16)11-6-4-10(5-7-11)9-17-12-3-1-2-8-14-12/h1-8,15-16H,9H2. The summed E-state index contributed by atoms with van der Waals surface area (Å²) in [6.07, 6.45) is 1.67. The van der Waals surface area contributed by atoms with Crippen LogP contribution < -0.4 is 10.2 Å². The van der Waals surface area contributed by atoms with E-state index in [0.29, 0.717) is 17.9 Å². The van der Waals surface area contributed by atoms with Gasteiger partial charge in [0.2, 0.25) is 5.88 Å². The number of ether oxygens (including phenoxy) is 1. The molecule has 0 aliphatic rings. The third-order valence-corrected chi connectivity index (χ3v) is 2.30. The largest absolute Gasteiger partial charge is 0.488 e. The summed E-state index contributed by atoms with van der Waals surface area (Å²) in [6.45, 7) is 0.402. The van der Waals surface area contributed by atoms with E-state index in [9.17, 15) is 0 Å². The maximum atomic E-state index is 8.94. The average Bonchev–Trinajstić information content (AvgIpc) is 2.38. The maximum Gasteiger partial charge on any atom is 0.488 e. The minimum atomic E-state index is -1.43. The van der Waals surface area contributed by atoms with Gasteiger partial charge in [-0.1, -0.05) is 30.3 Å². The summed E-state index contributed by atoms with van der Waals surface area (Å²) in [5, 5.41) is 17.9. The number of benzene rings is 1. The maximum absolute atomic E-state index is 8.94. The molecule has 1 aromatic carbocycles. The van der Waals surface area contributed by atoms with Crippen molar-refractivity contribution in [3.8, 4) is 5.88 Å². The molecule has 0 atom stereocenters. The molecule has 0 saturated carbocycles. The normalized spacial score (nSPS) is 10.0. The summed E-state index contributed by atoms with van der Waals surface area (Å²) in [4.78, 5) is 4.04. The second-order valence-electron chi connectivity index (χ2n) is 3.57. The zero-order valence-corrected chi connectivity index (χ0v) is 9.15. The molecule has 0 fully saturated rings. The Morgan fingerprint density at radius 2 is 1.82 bits per heavy atom. The fourth-order valence-corrected chi connectivity index (χ4v) is 1.38. The lowest BCUT2D eigenvalue weighted by molar-refractivity contribution is 0.294. The summed E-state index contributed by atoms with van der Waals surface area (Å²) >= 11 is 0. The van der Waals surface area contributed by atoms with Crippen molar-refractivity contribution in [1.82, 2.24) is 4.98 Å². The lowest BCUT2D eigenvalue weighted by Crippen LogP contribution is -2.29. The summed E-state index contributed by atoms with van der Waals surface area (Å²) in [5.74, 6) is 0.568. The third-order valence-electron chi connectivity index (χ3n) is 2.30. The zero-order chi connectivity index (χ0) is 12.1. The first-order valence-corrected chi connectivity index (χ1v) is 5.24. The van der Waals surface area contributed by atoms with E-state index in [4.69, 9.17) is 14.8 Å². The molecule has 17 heavy (non-hydrogen) atoms. The predicted molar refractivity (Wildman–Crippen MR) is 64.8 cm³/mol. The molecule has 4 nitrogen and oxygen atoms in total. The molecule has 0 aliphatic carbocycles. The average molecular weight is 229 g/mol. The molecule has 2 rings (SSSR count). The summed E-state index contributed by atoms with van der Waals surface area (Å²) < 4.78 is 5.46. The van der Waals surface area contributed by atoms with Gasteiger partial charge in [0.05, 0.1) is 0 Å². The number of hydrogen-bond donors (Lipinski definition) is 2. The van der Waals surface area contributed by atoms with Gasteiger partial charge in [-0.2, -0.15) is 0 Å². The van der Waals surface area contributed by atoms with Crippen molar-refractivity contribution >= 4 is 12.6 Å². The van der Waals surface area contributed by atoms with Crippen molar-refractivity contribution in [2.75, 3.05) is 0 Å². The molecule has 0 saturated heterocycles. The van der Waals surface area contributed by atoms with Crippen molar-refractivity contribution in [3.05, 3.63) is 54.2 Å². The van der Waals surface area contributed by atoms with E-state index in [2.05, 4.69) is 4.98 Å². The highest BCUT2D eigenvalue weighted by atomic mass is 16.5. The van der Waals surface area contributed by atoms with Crippen LogP contribution in [0.15, 0.2) is 48.7 Å². The monoisotopic (exact) mass is 229 g/mol. The Morgan fingerprint density at radius 1 is 1.06 bits per heavy atom. The van der Waals surface area contributed by atoms with Gasteiger partial charge in [-0.05, 0) is 17.1 Å². The Balaban J connectivity index is 1.96. The topological polar surface area (TPSA) is 62.6 Å². The molecule has 5 heteroatoms. The van der Waals surface area contributed by atoms with E-state index in [-0.39, 0.29) is 0 Å². The van der Waals surface area contributed by atoms with Crippen LogP contribution in [0.3, 0.4) is 0 Å². The molecule has 1 aromatic heterocycles. The molecule has 0 unspecified atom stereocenters. The predicted octanol–water partition coefficient (Wildman–Crippen LogP) is 0.340. The number of aromatic nitrogens is 1. The van der Waals surface area contributed by atoms with Gasteiger partial charge >= 0.3 is 7.12 Å². The number of hydrogen-bond acceptors (Lipinski definition) is 4. The highest BCUT2D eigenvalue weighted by Gasteiger charge is 2.09. The van der Waals surface area contributed by atoms with Gasteiger partial charge in [0.1, 0.15) is 6.61 Å². The van der Waals surface area contributed by atoms with Gasteiger partial charge in [-0.15, -0.1) is 0 Å². The number of pyridine rings is 1. The first kappa shape index (κ1) is 11.6. The molecular weight excluding hydrogens is 217 g/mol. The minimum absolute atomic E-state index is 0.402. The third kappa shape index (κ3) is 3.30. The molecule has 86 valence electrons. The fourth-order valence-electron chi connectivity index (χ4n) is 1.38. The Hall–Kier alpha value is -1.85. The van der Waals surface area contributed by atoms with Gasteiger partial charge in [0.15, 0.2) is 0 Å². The molecule has 0 aliphatic heterocycles. The highest BCUT2D eigenvalue weighted by molar-refractivity contribution is 6.58. The molecule has 0 amide bonds. The van der Waals surface area contributed by atoms with Crippen LogP contribution in [0.2, 0.25) is 0 Å². The van der Waals surface area contributed by atoms with E-state index in [1.54, 1.807) is 36.5 Å². The zero-order valence-electron chi connectivity index (χ0n) is 9.15. The van der Waals surface area contributed by atoms with Crippen LogP contribution in [-0.4, -0.2) is 22.2 Å². The lowest BCUT2D eigenvalue weighted by Gasteiger charge is -2.05. The molecule has 2 N–H and O–H groups in total. The van der Waals surface area contributed by atoms with Gasteiger partial charge in [-0.25, -0.2) is 4.98 Å². The summed E-state index contributed by atoms with van der Waals surface area (Å²) in [6, 6.07) is 12.3. The molecule has 0 radical (unpaired) electrons. The van der Waals surface area contributed by atoms with Gasteiger partial charge in [0.25, 0.3) is 0 Å². The molecule has 0 spiro atoms. The van der Waals surface area contributed by atoms with Gasteiger partial charge < -0.3 is 14.8 Å². The van der Waals surface area contributed by atoms with Crippen molar-refractivity contribution in [2.45, 2.75) is 6.61 Å². The van der Waals surface area contributed by atoms with Crippen LogP contribution in [0.5, 0.6) is 5.88 Å². The van der Waals surface area contributed by atoms with Crippen LogP contribution in [0, 0.1) is 0 Å². The quantitative estimate of drug-likeness (QED) is 0.742. The van der Waals surface area contributed by atoms with E-state index in [1.165, 1.54) is 0 Å². The second-order valence-corrected chi connectivity index (χ2v) is 3.57. The molecule has 1 heterocycles. The highest BCUT2D eigenvalue weighted by Crippen LogP contribution is 2.07. The van der Waals surface area contributed by atoms with Crippen molar-refractivity contribution in [2.24, 2.45) is 0 Å². The van der Waals surface area contributed by atoms with Gasteiger partial charge in [0, 0.05) is 12.3 Å². The number of rotatable bonds is 4. The Labute approximate surface area is 99.7 Å². The molecule has 0 bridgehead atoms. The summed E-state index contributed by atoms with van der Waals surface area (Å²) in [7, 11) is -1.43. The van der Waals surface area contributed by atoms with Gasteiger partial charge in [-0.3, -0.25) is 0 Å². The summed E-state index contributed by atoms with van der Waals surface area (Å²) in [5.41, 5.74) is 1.41. The smallest absolute Gasteiger partial charge is 0.473 e. The SMILES string of the molecule is OB(O)c1ccc(COc2ccccn2)cc1. The first-order valence-electron chi connectivity index (χ1n) is 5.24. The van der Waals surface area contributed by atoms with Crippen LogP contribution in [0.4, 0.5) is 0 Å². The van der Waals surface area contributed by atoms with Crippen LogP contribution >= 0.6 is 0 Å². The van der Waals surface area contributed by atoms with E-state index < -0.39 is 7.12 Å². The van der Waals surface area contributed by atoms with Crippen LogP contribution in [-0.2, 0) is 6.61 Å². The minimum Gasteiger partial charge on any atom is -0.473 e. The first-order chi connectivity index (χ1) is 8.25. The Morgan fingerprint density at radius 3 is 2.41 bits per heavy atom. The van der Waals surface area contributed by atoms with Crippen molar-refractivity contribution < 1.29 is 14.8 Å². The van der Waals surface area contributed by atoms with E-state index in [1.807, 2.05) is 12.1 Å². The van der Waals surface area contributed by atoms with Crippen molar-refractivity contribution in [3.63, 3.8) is 0 Å².